The fourth-order valence-electron chi connectivity index (χ4n) is 2.42. The molecule has 1 fully saturated rings. The van der Waals surface area contributed by atoms with E-state index in [1.807, 2.05) is 4.90 Å². The SMILES string of the molecule is NCC1CCCN1C(=O)Cc1ccc([N+](=O)[O-])cc1. The van der Waals surface area contributed by atoms with Crippen molar-refractivity contribution in [3.05, 3.63) is 39.9 Å². The Hall–Kier alpha value is -1.95. The number of hydrogen-bond donors (Lipinski definition) is 1. The summed E-state index contributed by atoms with van der Waals surface area (Å²) in [7, 11) is 0. The van der Waals surface area contributed by atoms with E-state index in [2.05, 4.69) is 0 Å². The van der Waals surface area contributed by atoms with Crippen LogP contribution in [0.15, 0.2) is 24.3 Å². The summed E-state index contributed by atoms with van der Waals surface area (Å²) in [6.45, 7) is 1.25. The first-order valence-electron chi connectivity index (χ1n) is 6.34. The molecule has 6 heteroatoms. The Morgan fingerprint density at radius 1 is 1.42 bits per heavy atom. The lowest BCUT2D eigenvalue weighted by molar-refractivity contribution is -0.384. The number of benzene rings is 1. The number of non-ortho nitro benzene ring substituents is 1. The molecule has 102 valence electrons. The van der Waals surface area contributed by atoms with Crippen LogP contribution in [0.4, 0.5) is 5.69 Å². The molecule has 0 aliphatic carbocycles. The number of amides is 1. The highest BCUT2D eigenvalue weighted by Gasteiger charge is 2.27. The number of nitrogens with two attached hydrogens (primary N) is 1. The zero-order chi connectivity index (χ0) is 13.8. The maximum Gasteiger partial charge on any atom is 0.269 e. The first-order chi connectivity index (χ1) is 9.11. The minimum Gasteiger partial charge on any atom is -0.338 e. The summed E-state index contributed by atoms with van der Waals surface area (Å²) < 4.78 is 0. The molecule has 1 heterocycles. The third kappa shape index (κ3) is 3.08. The van der Waals surface area contributed by atoms with Crippen LogP contribution in [0.25, 0.3) is 0 Å². The van der Waals surface area contributed by atoms with Crippen molar-refractivity contribution >= 4 is 11.6 Å². The van der Waals surface area contributed by atoms with E-state index in [9.17, 15) is 14.9 Å². The van der Waals surface area contributed by atoms with Crippen LogP contribution in [0.2, 0.25) is 0 Å². The predicted molar refractivity (Wildman–Crippen MR) is 70.6 cm³/mol. The summed E-state index contributed by atoms with van der Waals surface area (Å²) >= 11 is 0. The second-order valence-electron chi connectivity index (χ2n) is 4.72. The van der Waals surface area contributed by atoms with E-state index in [1.54, 1.807) is 12.1 Å². The van der Waals surface area contributed by atoms with Crippen molar-refractivity contribution in [2.24, 2.45) is 5.73 Å². The van der Waals surface area contributed by atoms with Crippen LogP contribution in [0.1, 0.15) is 18.4 Å². The molecule has 0 bridgehead atoms. The lowest BCUT2D eigenvalue weighted by Gasteiger charge is -2.23. The zero-order valence-electron chi connectivity index (χ0n) is 10.6. The van der Waals surface area contributed by atoms with Gasteiger partial charge in [0.25, 0.3) is 5.69 Å². The van der Waals surface area contributed by atoms with Gasteiger partial charge in [-0.1, -0.05) is 12.1 Å². The molecule has 2 rings (SSSR count). The summed E-state index contributed by atoms with van der Waals surface area (Å²) in [5.74, 6) is 0.0433. The summed E-state index contributed by atoms with van der Waals surface area (Å²) in [6, 6.07) is 6.25. The molecule has 1 atom stereocenters. The number of nitro groups is 1. The highest BCUT2D eigenvalue weighted by molar-refractivity contribution is 5.79. The van der Waals surface area contributed by atoms with Gasteiger partial charge in [0.15, 0.2) is 0 Å². The largest absolute Gasteiger partial charge is 0.338 e. The number of nitrogens with zero attached hydrogens (tertiary/aromatic N) is 2. The van der Waals surface area contributed by atoms with Gasteiger partial charge in [0.05, 0.1) is 11.3 Å². The molecule has 6 nitrogen and oxygen atoms in total. The van der Waals surface area contributed by atoms with Gasteiger partial charge in [-0.15, -0.1) is 0 Å². The Morgan fingerprint density at radius 2 is 2.11 bits per heavy atom. The van der Waals surface area contributed by atoms with Gasteiger partial charge in [0.2, 0.25) is 5.91 Å². The molecule has 0 radical (unpaired) electrons. The zero-order valence-corrected chi connectivity index (χ0v) is 10.6. The van der Waals surface area contributed by atoms with Crippen molar-refractivity contribution in [2.75, 3.05) is 13.1 Å². The van der Waals surface area contributed by atoms with Crippen molar-refractivity contribution in [2.45, 2.75) is 25.3 Å². The van der Waals surface area contributed by atoms with E-state index >= 15 is 0 Å². The molecule has 0 saturated carbocycles. The van der Waals surface area contributed by atoms with Crippen LogP contribution in [0.3, 0.4) is 0 Å². The van der Waals surface area contributed by atoms with Crippen molar-refractivity contribution in [3.63, 3.8) is 0 Å². The molecule has 0 aromatic heterocycles. The summed E-state index contributed by atoms with van der Waals surface area (Å²) in [5, 5.41) is 10.5. The molecule has 1 aromatic rings. The maximum atomic E-state index is 12.1. The Labute approximate surface area is 111 Å². The fraction of sp³-hybridized carbons (Fsp3) is 0.462. The van der Waals surface area contributed by atoms with Gasteiger partial charge in [-0.2, -0.15) is 0 Å². The van der Waals surface area contributed by atoms with E-state index in [1.165, 1.54) is 12.1 Å². The normalized spacial score (nSPS) is 18.6. The van der Waals surface area contributed by atoms with Gasteiger partial charge in [0, 0.05) is 31.3 Å². The molecule has 1 aromatic carbocycles. The fourth-order valence-corrected chi connectivity index (χ4v) is 2.42. The first-order valence-corrected chi connectivity index (χ1v) is 6.34. The lowest BCUT2D eigenvalue weighted by atomic mass is 10.1. The third-order valence-electron chi connectivity index (χ3n) is 3.47. The average Bonchev–Trinajstić information content (AvgIpc) is 2.87. The van der Waals surface area contributed by atoms with E-state index in [0.29, 0.717) is 6.54 Å². The molecule has 2 N–H and O–H groups in total. The molecular formula is C13H17N3O3. The number of carbonyl (C=O) groups is 1. The topological polar surface area (TPSA) is 89.5 Å². The molecular weight excluding hydrogens is 246 g/mol. The van der Waals surface area contributed by atoms with E-state index in [-0.39, 0.29) is 24.1 Å². The number of rotatable bonds is 4. The Bertz CT molecular complexity index is 473. The van der Waals surface area contributed by atoms with E-state index < -0.39 is 4.92 Å². The number of likely N-dealkylation sites (tertiary alicyclic amines) is 1. The first kappa shape index (κ1) is 13.5. The van der Waals surface area contributed by atoms with E-state index in [4.69, 9.17) is 5.73 Å². The molecule has 19 heavy (non-hydrogen) atoms. The molecule has 1 amide bonds. The van der Waals surface area contributed by atoms with Crippen LogP contribution in [-0.2, 0) is 11.2 Å². The van der Waals surface area contributed by atoms with Crippen LogP contribution in [0, 0.1) is 10.1 Å². The predicted octanol–water partition coefficient (Wildman–Crippen LogP) is 1.09. The summed E-state index contributed by atoms with van der Waals surface area (Å²) in [5.41, 5.74) is 6.47. The van der Waals surface area contributed by atoms with Crippen molar-refractivity contribution in [1.29, 1.82) is 0 Å². The van der Waals surface area contributed by atoms with Crippen LogP contribution >= 0.6 is 0 Å². The van der Waals surface area contributed by atoms with Crippen LogP contribution in [0.5, 0.6) is 0 Å². The van der Waals surface area contributed by atoms with Gasteiger partial charge < -0.3 is 10.6 Å². The maximum absolute atomic E-state index is 12.1. The van der Waals surface area contributed by atoms with Crippen molar-refractivity contribution < 1.29 is 9.72 Å². The van der Waals surface area contributed by atoms with Gasteiger partial charge in [-0.25, -0.2) is 0 Å². The standard InChI is InChI=1S/C13H17N3O3/c14-9-12-2-1-7-15(12)13(17)8-10-3-5-11(6-4-10)16(18)19/h3-6,12H,1-2,7-9,14H2. The monoisotopic (exact) mass is 263 g/mol. The lowest BCUT2D eigenvalue weighted by Crippen LogP contribution is -2.40. The summed E-state index contributed by atoms with van der Waals surface area (Å²) in [6.07, 6.45) is 2.23. The Morgan fingerprint density at radius 3 is 2.68 bits per heavy atom. The van der Waals surface area contributed by atoms with Gasteiger partial charge >= 0.3 is 0 Å². The number of carbonyl (C=O) groups excluding carboxylic acids is 1. The molecule has 1 aliphatic heterocycles. The van der Waals surface area contributed by atoms with E-state index in [0.717, 1.165) is 24.9 Å². The second-order valence-corrected chi connectivity index (χ2v) is 4.72. The molecule has 1 saturated heterocycles. The van der Waals surface area contributed by atoms with Gasteiger partial charge in [-0.3, -0.25) is 14.9 Å². The quantitative estimate of drug-likeness (QED) is 0.650. The molecule has 1 aliphatic rings. The molecule has 0 spiro atoms. The Kier molecular flexibility index (Phi) is 4.11. The van der Waals surface area contributed by atoms with Gasteiger partial charge in [-0.05, 0) is 18.4 Å². The average molecular weight is 263 g/mol. The minimum atomic E-state index is -0.448. The van der Waals surface area contributed by atoms with Crippen molar-refractivity contribution in [1.82, 2.24) is 4.90 Å². The smallest absolute Gasteiger partial charge is 0.269 e. The second kappa shape index (κ2) is 5.79. The number of hydrogen-bond acceptors (Lipinski definition) is 4. The highest BCUT2D eigenvalue weighted by atomic mass is 16.6. The van der Waals surface area contributed by atoms with Crippen LogP contribution < -0.4 is 5.73 Å². The van der Waals surface area contributed by atoms with Crippen molar-refractivity contribution in [3.8, 4) is 0 Å². The summed E-state index contributed by atoms with van der Waals surface area (Å²) in [4.78, 5) is 24.1. The number of nitro benzene ring substituents is 1. The van der Waals surface area contributed by atoms with Gasteiger partial charge in [0.1, 0.15) is 0 Å². The minimum absolute atomic E-state index is 0.0391. The third-order valence-corrected chi connectivity index (χ3v) is 3.47. The van der Waals surface area contributed by atoms with Crippen LogP contribution in [-0.4, -0.2) is 34.9 Å². The highest BCUT2D eigenvalue weighted by Crippen LogP contribution is 2.18. The Balaban J connectivity index is 2.00. The molecule has 1 unspecified atom stereocenters.